The molecule has 0 spiro atoms. The Kier molecular flexibility index (Phi) is 10.6. The zero-order chi connectivity index (χ0) is 23.2. The fraction of sp³-hybridized carbons (Fsp3) is 0.750. The summed E-state index contributed by atoms with van der Waals surface area (Å²) in [6.07, 6.45) is -5.01. The van der Waals surface area contributed by atoms with Crippen LogP contribution in [0.2, 0.25) is 0 Å². The maximum absolute atomic E-state index is 11.5. The van der Waals surface area contributed by atoms with Crippen LogP contribution in [0.15, 0.2) is 0 Å². The molecule has 0 radical (unpaired) electrons. The highest BCUT2D eigenvalue weighted by Gasteiger charge is 2.39. The molecule has 0 saturated heterocycles. The Balaban J connectivity index is 5.89. The van der Waals surface area contributed by atoms with Crippen molar-refractivity contribution < 1.29 is 63.5 Å². The lowest BCUT2D eigenvalue weighted by Gasteiger charge is -2.36. The predicted octanol–water partition coefficient (Wildman–Crippen LogP) is -2.38. The predicted molar refractivity (Wildman–Crippen MR) is 94.0 cm³/mol. The number of hydrogen-bond donors (Lipinski definition) is 8. The average molecular weight is 466 g/mol. The van der Waals surface area contributed by atoms with Gasteiger partial charge in [0.05, 0.1) is 12.5 Å². The number of hydrogen-bond acceptors (Lipinski definition) is 8. The van der Waals surface area contributed by atoms with E-state index in [4.69, 9.17) is 24.7 Å². The summed E-state index contributed by atoms with van der Waals surface area (Å²) in [6.45, 7) is -0.323. The van der Waals surface area contributed by atoms with Gasteiger partial charge in [-0.25, -0.2) is 0 Å². The van der Waals surface area contributed by atoms with Gasteiger partial charge in [-0.05, 0) is 6.92 Å². The fourth-order valence-corrected chi connectivity index (χ4v) is 4.27. The van der Waals surface area contributed by atoms with E-state index in [0.29, 0.717) is 9.80 Å². The van der Waals surface area contributed by atoms with Crippen LogP contribution in [0.1, 0.15) is 13.3 Å². The smallest absolute Gasteiger partial charge is 0.339 e. The monoisotopic (exact) mass is 466 g/mol. The first kappa shape index (κ1) is 27.6. The van der Waals surface area contributed by atoms with E-state index in [1.807, 2.05) is 0 Å². The Bertz CT molecular complexity index is 663. The molecule has 0 aromatic heterocycles. The number of carboxylic acid groups (broad SMARTS) is 3. The van der Waals surface area contributed by atoms with Crippen LogP contribution in [0.4, 0.5) is 0 Å². The highest BCUT2D eigenvalue weighted by atomic mass is 31.2. The molecule has 29 heavy (non-hydrogen) atoms. The second-order valence-electron chi connectivity index (χ2n) is 6.22. The van der Waals surface area contributed by atoms with Crippen LogP contribution in [0.5, 0.6) is 0 Å². The van der Waals surface area contributed by atoms with Gasteiger partial charge in [-0.2, -0.15) is 0 Å². The van der Waals surface area contributed by atoms with Crippen molar-refractivity contribution in [3.05, 3.63) is 0 Å². The zero-order valence-corrected chi connectivity index (χ0v) is 17.0. The Morgan fingerprint density at radius 3 is 1.59 bits per heavy atom. The summed E-state index contributed by atoms with van der Waals surface area (Å²) in [6, 6.07) is -3.86. The second-order valence-corrected chi connectivity index (χ2v) is 9.44. The second kappa shape index (κ2) is 11.1. The van der Waals surface area contributed by atoms with E-state index in [2.05, 4.69) is 0 Å². The molecule has 0 fully saturated rings. The number of rotatable bonds is 14. The van der Waals surface area contributed by atoms with Gasteiger partial charge in [0.1, 0.15) is 24.7 Å². The first-order valence-corrected chi connectivity index (χ1v) is 11.5. The molecule has 17 heteroatoms. The molecule has 0 aliphatic heterocycles. The number of carbonyl (C=O) groups is 3. The van der Waals surface area contributed by atoms with Crippen LogP contribution in [0.3, 0.4) is 0 Å². The summed E-state index contributed by atoms with van der Waals surface area (Å²) in [4.78, 5) is 71.3. The molecule has 0 saturated carbocycles. The standard InChI is InChI=1S/C12H24N2O13P2/c1-7(15)10(12(20)21)14(8(11(18)19)4-9(16)17)3-2-13(5-28(22,23)24)6-29(25,26)27/h7-8,10,15H,2-6H2,1H3,(H,16,17)(H,18,19)(H,20,21)(H2,22,23,24)(H2,25,26,27). The number of aliphatic hydroxyl groups is 1. The van der Waals surface area contributed by atoms with Gasteiger partial charge in [0.25, 0.3) is 0 Å². The number of nitrogens with zero attached hydrogens (tertiary/aromatic N) is 2. The molecule has 3 atom stereocenters. The van der Waals surface area contributed by atoms with Crippen molar-refractivity contribution in [3.63, 3.8) is 0 Å². The first-order chi connectivity index (χ1) is 12.9. The molecule has 0 bridgehead atoms. The largest absolute Gasteiger partial charge is 0.481 e. The maximum atomic E-state index is 11.5. The third-order valence-electron chi connectivity index (χ3n) is 3.56. The lowest BCUT2D eigenvalue weighted by molar-refractivity contribution is -0.159. The maximum Gasteiger partial charge on any atom is 0.339 e. The van der Waals surface area contributed by atoms with Crippen LogP contribution in [-0.4, -0.2) is 112 Å². The molecule has 0 amide bonds. The van der Waals surface area contributed by atoms with Crippen molar-refractivity contribution in [2.75, 3.05) is 25.7 Å². The average Bonchev–Trinajstić information content (AvgIpc) is 2.44. The van der Waals surface area contributed by atoms with Gasteiger partial charge in [0.2, 0.25) is 0 Å². The quantitative estimate of drug-likeness (QED) is 0.124. The Morgan fingerprint density at radius 2 is 1.31 bits per heavy atom. The molecule has 0 aliphatic rings. The summed E-state index contributed by atoms with van der Waals surface area (Å²) in [7, 11) is -9.61. The molecule has 0 aromatic carbocycles. The van der Waals surface area contributed by atoms with Gasteiger partial charge < -0.3 is 40.0 Å². The van der Waals surface area contributed by atoms with E-state index in [1.165, 1.54) is 0 Å². The van der Waals surface area contributed by atoms with Gasteiger partial charge in [-0.15, -0.1) is 0 Å². The summed E-state index contributed by atoms with van der Waals surface area (Å²) in [5.74, 6) is -5.04. The minimum Gasteiger partial charge on any atom is -0.481 e. The molecule has 170 valence electrons. The number of aliphatic carboxylic acids is 3. The third-order valence-corrected chi connectivity index (χ3v) is 5.10. The van der Waals surface area contributed by atoms with E-state index >= 15 is 0 Å². The van der Waals surface area contributed by atoms with Crippen molar-refractivity contribution in [3.8, 4) is 0 Å². The lowest BCUT2D eigenvalue weighted by atomic mass is 10.1. The minimum atomic E-state index is -4.81. The van der Waals surface area contributed by atoms with Crippen molar-refractivity contribution in [1.29, 1.82) is 0 Å². The van der Waals surface area contributed by atoms with Gasteiger partial charge in [-0.1, -0.05) is 0 Å². The summed E-state index contributed by atoms with van der Waals surface area (Å²) in [5.41, 5.74) is 0. The Hall–Kier alpha value is -1.41. The highest BCUT2D eigenvalue weighted by Crippen LogP contribution is 2.40. The molecular formula is C12H24N2O13P2. The van der Waals surface area contributed by atoms with Crippen molar-refractivity contribution in [1.82, 2.24) is 9.80 Å². The molecular weight excluding hydrogens is 442 g/mol. The minimum absolute atomic E-state index is 0.579. The van der Waals surface area contributed by atoms with Crippen LogP contribution >= 0.6 is 15.2 Å². The summed E-state index contributed by atoms with van der Waals surface area (Å²) < 4.78 is 22.4. The summed E-state index contributed by atoms with van der Waals surface area (Å²) >= 11 is 0. The molecule has 0 heterocycles. The van der Waals surface area contributed by atoms with Crippen molar-refractivity contribution >= 4 is 33.1 Å². The normalized spacial score (nSPS) is 15.9. The van der Waals surface area contributed by atoms with Gasteiger partial charge in [-0.3, -0.25) is 33.3 Å². The van der Waals surface area contributed by atoms with Gasteiger partial charge >= 0.3 is 33.1 Å². The molecule has 8 N–H and O–H groups in total. The molecule has 3 unspecified atom stereocenters. The van der Waals surface area contributed by atoms with Gasteiger partial charge in [0.15, 0.2) is 0 Å². The van der Waals surface area contributed by atoms with Crippen LogP contribution in [0, 0.1) is 0 Å². The lowest BCUT2D eigenvalue weighted by Crippen LogP contribution is -2.57. The molecule has 15 nitrogen and oxygen atoms in total. The van der Waals surface area contributed by atoms with E-state index < -0.39 is 83.4 Å². The van der Waals surface area contributed by atoms with Crippen LogP contribution < -0.4 is 0 Å². The van der Waals surface area contributed by atoms with Crippen LogP contribution in [-0.2, 0) is 23.5 Å². The zero-order valence-electron chi connectivity index (χ0n) is 15.2. The molecule has 0 aromatic rings. The van der Waals surface area contributed by atoms with Crippen molar-refractivity contribution in [2.45, 2.75) is 31.5 Å². The molecule has 0 aliphatic carbocycles. The topological polar surface area (TPSA) is 254 Å². The van der Waals surface area contributed by atoms with E-state index in [0.717, 1.165) is 6.92 Å². The highest BCUT2D eigenvalue weighted by molar-refractivity contribution is 7.52. The Labute approximate surface area is 164 Å². The van der Waals surface area contributed by atoms with Crippen molar-refractivity contribution in [2.24, 2.45) is 0 Å². The SMILES string of the molecule is CC(O)C(C(=O)O)N(CCN(CP(=O)(O)O)CP(=O)(O)O)C(CC(=O)O)C(=O)O. The third kappa shape index (κ3) is 11.4. The van der Waals surface area contributed by atoms with E-state index in [-0.39, 0.29) is 0 Å². The first-order valence-electron chi connectivity index (χ1n) is 7.87. The number of carboxylic acids is 3. The van der Waals surface area contributed by atoms with Crippen LogP contribution in [0.25, 0.3) is 0 Å². The molecule has 0 rings (SSSR count). The Morgan fingerprint density at radius 1 is 0.862 bits per heavy atom. The van der Waals surface area contributed by atoms with Gasteiger partial charge in [0, 0.05) is 13.1 Å². The fourth-order valence-electron chi connectivity index (χ4n) is 2.59. The summed E-state index contributed by atoms with van der Waals surface area (Å²) in [5, 5.41) is 37.3. The number of aliphatic hydroxyl groups excluding tert-OH is 1. The van der Waals surface area contributed by atoms with E-state index in [1.54, 1.807) is 0 Å². The van der Waals surface area contributed by atoms with E-state index in [9.17, 15) is 38.8 Å².